The Hall–Kier alpha value is -1.36. The maximum absolute atomic E-state index is 12.5. The van der Waals surface area contributed by atoms with E-state index in [1.807, 2.05) is 39.3 Å². The molecule has 5 heteroatoms. The van der Waals surface area contributed by atoms with Crippen molar-refractivity contribution in [2.24, 2.45) is 11.8 Å². The maximum Gasteiger partial charge on any atom is 0.222 e. The van der Waals surface area contributed by atoms with E-state index in [1.165, 1.54) is 0 Å². The number of likely N-dealkylation sites (tertiary alicyclic amines) is 1. The quantitative estimate of drug-likeness (QED) is 0.721. The fourth-order valence-corrected chi connectivity index (χ4v) is 4.21. The third kappa shape index (κ3) is 4.59. The summed E-state index contributed by atoms with van der Waals surface area (Å²) in [4.78, 5) is 30.8. The Morgan fingerprint density at radius 1 is 1.25 bits per heavy atom. The number of carbonyl (C=O) groups excluding carboxylic acids is 2. The molecule has 3 atom stereocenters. The molecule has 1 saturated carbocycles. The Balaban J connectivity index is 2.12. The van der Waals surface area contributed by atoms with Crippen LogP contribution in [0.2, 0.25) is 0 Å². The predicted molar refractivity (Wildman–Crippen MR) is 96.6 cm³/mol. The van der Waals surface area contributed by atoms with Crippen LogP contribution in [-0.2, 0) is 9.59 Å². The summed E-state index contributed by atoms with van der Waals surface area (Å²) in [6.45, 7) is 4.24. The highest BCUT2D eigenvalue weighted by atomic mass is 16.2. The fraction of sp³-hybridized carbons (Fsp3) is 0.789. The molecule has 0 aromatic carbocycles. The lowest BCUT2D eigenvalue weighted by Gasteiger charge is -2.47. The molecule has 0 N–H and O–H groups in total. The SMILES string of the molecule is CCCN1C[C@@H](CC(=O)N(C)C)C[C@@H]2CC(=O)C(=CN(C)C)C[C@H]21. The molecule has 0 aromatic rings. The smallest absolute Gasteiger partial charge is 0.222 e. The van der Waals surface area contributed by atoms with Gasteiger partial charge < -0.3 is 9.80 Å². The number of Topliss-reactive ketones (excluding diaryl/α,β-unsaturated/α-hetero) is 1. The van der Waals surface area contributed by atoms with Crippen LogP contribution >= 0.6 is 0 Å². The van der Waals surface area contributed by atoms with Crippen LogP contribution in [0.1, 0.15) is 39.0 Å². The van der Waals surface area contributed by atoms with Gasteiger partial charge in [-0.15, -0.1) is 0 Å². The van der Waals surface area contributed by atoms with Crippen molar-refractivity contribution in [2.45, 2.75) is 45.1 Å². The number of carbonyl (C=O) groups is 2. The van der Waals surface area contributed by atoms with Crippen molar-refractivity contribution in [3.63, 3.8) is 0 Å². The van der Waals surface area contributed by atoms with Crippen LogP contribution in [0.5, 0.6) is 0 Å². The summed E-state index contributed by atoms with van der Waals surface area (Å²) in [6, 6.07) is 0.458. The topological polar surface area (TPSA) is 43.9 Å². The van der Waals surface area contributed by atoms with Crippen molar-refractivity contribution in [2.75, 3.05) is 41.3 Å². The Morgan fingerprint density at radius 2 is 1.96 bits per heavy atom. The molecule has 1 heterocycles. The summed E-state index contributed by atoms with van der Waals surface area (Å²) in [5.41, 5.74) is 0.963. The largest absolute Gasteiger partial charge is 0.383 e. The number of piperidine rings is 1. The van der Waals surface area contributed by atoms with Crippen molar-refractivity contribution in [1.29, 1.82) is 0 Å². The van der Waals surface area contributed by atoms with E-state index in [4.69, 9.17) is 0 Å². The molecule has 1 aliphatic carbocycles. The number of hydrogen-bond acceptors (Lipinski definition) is 4. The van der Waals surface area contributed by atoms with E-state index in [9.17, 15) is 9.59 Å². The van der Waals surface area contributed by atoms with Gasteiger partial charge in [-0.3, -0.25) is 14.5 Å². The maximum atomic E-state index is 12.5. The molecule has 1 amide bonds. The van der Waals surface area contributed by atoms with Gasteiger partial charge in [-0.25, -0.2) is 0 Å². The van der Waals surface area contributed by atoms with Gasteiger partial charge in [-0.05, 0) is 37.6 Å². The minimum Gasteiger partial charge on any atom is -0.383 e. The minimum absolute atomic E-state index is 0.199. The van der Waals surface area contributed by atoms with Crippen LogP contribution in [-0.4, -0.2) is 73.7 Å². The lowest BCUT2D eigenvalue weighted by atomic mass is 9.72. The second kappa shape index (κ2) is 8.15. The third-order valence-corrected chi connectivity index (χ3v) is 5.26. The number of nitrogens with zero attached hydrogens (tertiary/aromatic N) is 3. The lowest BCUT2D eigenvalue weighted by molar-refractivity contribution is -0.130. The molecule has 0 spiro atoms. The number of hydrogen-bond donors (Lipinski definition) is 0. The molecule has 0 bridgehead atoms. The first-order valence-corrected chi connectivity index (χ1v) is 9.16. The molecule has 2 rings (SSSR count). The van der Waals surface area contributed by atoms with Crippen molar-refractivity contribution >= 4 is 11.7 Å². The van der Waals surface area contributed by atoms with E-state index in [0.29, 0.717) is 36.5 Å². The third-order valence-electron chi connectivity index (χ3n) is 5.26. The summed E-state index contributed by atoms with van der Waals surface area (Å²) in [7, 11) is 7.58. The van der Waals surface area contributed by atoms with Gasteiger partial charge in [0.25, 0.3) is 0 Å². The van der Waals surface area contributed by atoms with Gasteiger partial charge in [-0.1, -0.05) is 6.92 Å². The zero-order chi connectivity index (χ0) is 17.9. The molecular weight excluding hydrogens is 302 g/mol. The van der Waals surface area contributed by atoms with Gasteiger partial charge >= 0.3 is 0 Å². The summed E-state index contributed by atoms with van der Waals surface area (Å²) in [5, 5.41) is 0. The van der Waals surface area contributed by atoms with Gasteiger partial charge in [-0.2, -0.15) is 0 Å². The standard InChI is InChI=1S/C19H33N3O2/c1-6-7-22-12-14(9-19(24)21(4)5)8-15-11-18(23)16(10-17(15)22)13-20(2)3/h13-15,17H,6-12H2,1-5H3/t14-,15-,17-/m1/s1. The fourth-order valence-electron chi connectivity index (χ4n) is 4.21. The summed E-state index contributed by atoms with van der Waals surface area (Å²) in [6.07, 6.45) is 6.20. The average Bonchev–Trinajstić information content (AvgIpc) is 2.48. The molecule has 136 valence electrons. The number of rotatable bonds is 5. The van der Waals surface area contributed by atoms with E-state index in [-0.39, 0.29) is 5.91 Å². The minimum atomic E-state index is 0.199. The van der Waals surface area contributed by atoms with Crippen molar-refractivity contribution in [3.8, 4) is 0 Å². The second-order valence-corrected chi connectivity index (χ2v) is 7.87. The second-order valence-electron chi connectivity index (χ2n) is 7.87. The molecule has 2 fully saturated rings. The Bertz CT molecular complexity index is 499. The summed E-state index contributed by atoms with van der Waals surface area (Å²) in [5.74, 6) is 1.27. The Morgan fingerprint density at radius 3 is 2.54 bits per heavy atom. The van der Waals surface area contributed by atoms with E-state index in [2.05, 4.69) is 11.8 Å². The highest BCUT2D eigenvalue weighted by molar-refractivity contribution is 5.96. The molecule has 1 saturated heterocycles. The molecule has 24 heavy (non-hydrogen) atoms. The molecule has 0 radical (unpaired) electrons. The number of amides is 1. The van der Waals surface area contributed by atoms with Crippen LogP contribution in [0.25, 0.3) is 0 Å². The van der Waals surface area contributed by atoms with Gasteiger partial charge in [0.15, 0.2) is 5.78 Å². The highest BCUT2D eigenvalue weighted by Gasteiger charge is 2.41. The summed E-state index contributed by atoms with van der Waals surface area (Å²) < 4.78 is 0. The summed E-state index contributed by atoms with van der Waals surface area (Å²) >= 11 is 0. The van der Waals surface area contributed by atoms with Gasteiger partial charge in [0.2, 0.25) is 5.91 Å². The van der Waals surface area contributed by atoms with Gasteiger partial charge in [0, 0.05) is 65.4 Å². The van der Waals surface area contributed by atoms with E-state index in [0.717, 1.165) is 37.9 Å². The molecular formula is C19H33N3O2. The van der Waals surface area contributed by atoms with Crippen LogP contribution in [0, 0.1) is 11.8 Å². The molecule has 0 unspecified atom stereocenters. The Labute approximate surface area is 146 Å². The van der Waals surface area contributed by atoms with Gasteiger partial charge in [0.1, 0.15) is 0 Å². The Kier molecular flexibility index (Phi) is 6.44. The molecule has 0 aromatic heterocycles. The zero-order valence-corrected chi connectivity index (χ0v) is 15.9. The normalized spacial score (nSPS) is 29.5. The number of ketones is 1. The monoisotopic (exact) mass is 335 g/mol. The van der Waals surface area contributed by atoms with E-state index >= 15 is 0 Å². The molecule has 2 aliphatic rings. The van der Waals surface area contributed by atoms with Crippen LogP contribution in [0.15, 0.2) is 11.8 Å². The molecule has 1 aliphatic heterocycles. The van der Waals surface area contributed by atoms with Crippen LogP contribution < -0.4 is 0 Å². The highest BCUT2D eigenvalue weighted by Crippen LogP contribution is 2.39. The molecule has 5 nitrogen and oxygen atoms in total. The van der Waals surface area contributed by atoms with Crippen molar-refractivity contribution in [3.05, 3.63) is 11.8 Å². The van der Waals surface area contributed by atoms with E-state index < -0.39 is 0 Å². The predicted octanol–water partition coefficient (Wildman–Crippen LogP) is 1.99. The van der Waals surface area contributed by atoms with Crippen molar-refractivity contribution < 1.29 is 9.59 Å². The van der Waals surface area contributed by atoms with Crippen LogP contribution in [0.3, 0.4) is 0 Å². The zero-order valence-electron chi connectivity index (χ0n) is 15.9. The van der Waals surface area contributed by atoms with Crippen molar-refractivity contribution in [1.82, 2.24) is 14.7 Å². The average molecular weight is 335 g/mol. The van der Waals surface area contributed by atoms with E-state index in [1.54, 1.807) is 4.90 Å². The van der Waals surface area contributed by atoms with Crippen LogP contribution in [0.4, 0.5) is 0 Å². The van der Waals surface area contributed by atoms with Gasteiger partial charge in [0.05, 0.1) is 0 Å². The number of fused-ring (bicyclic) bond motifs is 1. The first kappa shape index (κ1) is 19.0. The first-order valence-electron chi connectivity index (χ1n) is 9.16. The first-order chi connectivity index (χ1) is 11.3. The lowest BCUT2D eigenvalue weighted by Crippen LogP contribution is -2.52.